The van der Waals surface area contributed by atoms with Gasteiger partial charge >= 0.3 is 0 Å². The van der Waals surface area contributed by atoms with Crippen LogP contribution in [-0.2, 0) is 4.79 Å². The van der Waals surface area contributed by atoms with Gasteiger partial charge in [-0.05, 0) is 17.7 Å². The van der Waals surface area contributed by atoms with Crippen molar-refractivity contribution in [3.05, 3.63) is 54.6 Å². The van der Waals surface area contributed by atoms with Gasteiger partial charge in [-0.15, -0.1) is 0 Å². The number of nitrogens with zero attached hydrogens (tertiary/aromatic N) is 1. The Morgan fingerprint density at radius 3 is 2.65 bits per heavy atom. The first-order valence-electron chi connectivity index (χ1n) is 6.97. The smallest absolute Gasteiger partial charge is 0.244 e. The summed E-state index contributed by atoms with van der Waals surface area (Å²) in [6.07, 6.45) is 6.30. The average Bonchev–Trinajstić information content (AvgIpc) is 2.42. The summed E-state index contributed by atoms with van der Waals surface area (Å²) in [5, 5.41) is 2.91. The lowest BCUT2D eigenvalue weighted by Gasteiger charge is -2.28. The number of nitrogens with one attached hydrogen (secondary N) is 1. The molecule has 20 heavy (non-hydrogen) atoms. The van der Waals surface area contributed by atoms with Crippen molar-refractivity contribution >= 4 is 12.0 Å². The molecule has 0 spiro atoms. The SMILES string of the molecule is C=CC[N+](C)(C)CCCNC(=O)C=Cc1ccccc1. The molecule has 0 aliphatic rings. The molecule has 1 aromatic rings. The summed E-state index contributed by atoms with van der Waals surface area (Å²) in [6, 6.07) is 9.81. The van der Waals surface area contributed by atoms with E-state index in [0.717, 1.165) is 29.6 Å². The second-order valence-corrected chi connectivity index (χ2v) is 5.52. The molecule has 0 saturated carbocycles. The van der Waals surface area contributed by atoms with E-state index in [9.17, 15) is 4.79 Å². The summed E-state index contributed by atoms with van der Waals surface area (Å²) < 4.78 is 0.902. The maximum absolute atomic E-state index is 11.6. The number of carbonyl (C=O) groups is 1. The van der Waals surface area contributed by atoms with E-state index in [1.54, 1.807) is 6.08 Å². The number of rotatable bonds is 8. The van der Waals surface area contributed by atoms with Crippen LogP contribution in [0.15, 0.2) is 49.1 Å². The van der Waals surface area contributed by atoms with Crippen LogP contribution in [0.3, 0.4) is 0 Å². The Labute approximate surface area is 122 Å². The van der Waals surface area contributed by atoms with Gasteiger partial charge in [0.2, 0.25) is 5.91 Å². The first-order valence-corrected chi connectivity index (χ1v) is 6.97. The molecule has 1 aromatic carbocycles. The maximum atomic E-state index is 11.6. The Bertz CT molecular complexity index is 449. The number of hydrogen-bond acceptors (Lipinski definition) is 1. The van der Waals surface area contributed by atoms with Crippen molar-refractivity contribution in [1.29, 1.82) is 0 Å². The highest BCUT2D eigenvalue weighted by molar-refractivity contribution is 5.91. The van der Waals surface area contributed by atoms with Crippen molar-refractivity contribution in [2.24, 2.45) is 0 Å². The van der Waals surface area contributed by atoms with Gasteiger partial charge < -0.3 is 9.80 Å². The lowest BCUT2D eigenvalue weighted by molar-refractivity contribution is -0.884. The third-order valence-corrected chi connectivity index (χ3v) is 3.09. The monoisotopic (exact) mass is 273 g/mol. The lowest BCUT2D eigenvalue weighted by Crippen LogP contribution is -2.41. The zero-order valence-corrected chi connectivity index (χ0v) is 12.5. The van der Waals surface area contributed by atoms with E-state index in [0.29, 0.717) is 6.54 Å². The molecule has 3 nitrogen and oxygen atoms in total. The van der Waals surface area contributed by atoms with Crippen LogP contribution in [0.4, 0.5) is 0 Å². The van der Waals surface area contributed by atoms with Gasteiger partial charge in [0.15, 0.2) is 0 Å². The molecule has 1 amide bonds. The molecule has 0 aliphatic carbocycles. The molecular weight excluding hydrogens is 248 g/mol. The molecule has 0 saturated heterocycles. The van der Waals surface area contributed by atoms with E-state index < -0.39 is 0 Å². The van der Waals surface area contributed by atoms with Gasteiger partial charge in [-0.25, -0.2) is 0 Å². The van der Waals surface area contributed by atoms with Gasteiger partial charge in [-0.1, -0.05) is 36.9 Å². The highest BCUT2D eigenvalue weighted by Gasteiger charge is 2.11. The Morgan fingerprint density at radius 1 is 1.30 bits per heavy atom. The van der Waals surface area contributed by atoms with Crippen LogP contribution in [0.5, 0.6) is 0 Å². The Balaban J connectivity index is 2.24. The molecule has 0 fully saturated rings. The topological polar surface area (TPSA) is 29.1 Å². The van der Waals surface area contributed by atoms with Gasteiger partial charge in [0.05, 0.1) is 27.2 Å². The van der Waals surface area contributed by atoms with Crippen LogP contribution in [0, 0.1) is 0 Å². The quantitative estimate of drug-likeness (QED) is 0.335. The number of benzene rings is 1. The van der Waals surface area contributed by atoms with Gasteiger partial charge in [0.1, 0.15) is 0 Å². The highest BCUT2D eigenvalue weighted by Crippen LogP contribution is 2.01. The summed E-state index contributed by atoms with van der Waals surface area (Å²) in [7, 11) is 4.33. The maximum Gasteiger partial charge on any atom is 0.244 e. The fraction of sp³-hybridized carbons (Fsp3) is 0.353. The van der Waals surface area contributed by atoms with E-state index in [2.05, 4.69) is 26.0 Å². The van der Waals surface area contributed by atoms with Crippen LogP contribution in [0.25, 0.3) is 6.08 Å². The second kappa shape index (κ2) is 8.33. The van der Waals surface area contributed by atoms with Gasteiger partial charge in [-0.3, -0.25) is 4.79 Å². The Kier molecular flexibility index (Phi) is 6.74. The van der Waals surface area contributed by atoms with Crippen LogP contribution in [0.2, 0.25) is 0 Å². The molecule has 0 bridgehead atoms. The van der Waals surface area contributed by atoms with Crippen molar-refractivity contribution in [2.45, 2.75) is 6.42 Å². The molecule has 0 atom stereocenters. The van der Waals surface area contributed by atoms with Crippen molar-refractivity contribution in [3.63, 3.8) is 0 Å². The van der Waals surface area contributed by atoms with Crippen LogP contribution >= 0.6 is 0 Å². The van der Waals surface area contributed by atoms with E-state index in [-0.39, 0.29) is 5.91 Å². The van der Waals surface area contributed by atoms with Gasteiger partial charge in [0.25, 0.3) is 0 Å². The minimum Gasteiger partial charge on any atom is -0.352 e. The molecule has 1 rings (SSSR count). The van der Waals surface area contributed by atoms with Crippen molar-refractivity contribution in [1.82, 2.24) is 5.32 Å². The standard InChI is InChI=1S/C17H24N2O/c1-4-14-19(2,3)15-8-13-18-17(20)12-11-16-9-6-5-7-10-16/h4-7,9-12H,1,8,13-15H2,2-3H3/p+1. The number of hydrogen-bond donors (Lipinski definition) is 1. The first-order chi connectivity index (χ1) is 9.53. The van der Waals surface area contributed by atoms with Crippen molar-refractivity contribution in [2.75, 3.05) is 33.7 Å². The molecule has 108 valence electrons. The van der Waals surface area contributed by atoms with Crippen molar-refractivity contribution < 1.29 is 9.28 Å². The normalized spacial score (nSPS) is 11.5. The third kappa shape index (κ3) is 6.90. The number of quaternary nitrogens is 1. The largest absolute Gasteiger partial charge is 0.352 e. The van der Waals surface area contributed by atoms with E-state index in [1.165, 1.54) is 0 Å². The minimum atomic E-state index is -0.0390. The van der Waals surface area contributed by atoms with Gasteiger partial charge in [-0.2, -0.15) is 0 Å². The van der Waals surface area contributed by atoms with Crippen LogP contribution in [-0.4, -0.2) is 44.1 Å². The van der Waals surface area contributed by atoms with Crippen LogP contribution < -0.4 is 5.32 Å². The lowest BCUT2D eigenvalue weighted by atomic mass is 10.2. The Morgan fingerprint density at radius 2 is 2.00 bits per heavy atom. The molecule has 0 aromatic heterocycles. The summed E-state index contributed by atoms with van der Waals surface area (Å²) in [5.41, 5.74) is 1.03. The zero-order valence-electron chi connectivity index (χ0n) is 12.5. The van der Waals surface area contributed by atoms with E-state index in [4.69, 9.17) is 0 Å². The van der Waals surface area contributed by atoms with E-state index >= 15 is 0 Å². The highest BCUT2D eigenvalue weighted by atomic mass is 16.1. The van der Waals surface area contributed by atoms with Crippen LogP contribution in [0.1, 0.15) is 12.0 Å². The fourth-order valence-electron chi connectivity index (χ4n) is 1.95. The Hall–Kier alpha value is -1.87. The first kappa shape index (κ1) is 16.2. The molecule has 1 N–H and O–H groups in total. The number of amides is 1. The van der Waals surface area contributed by atoms with Crippen molar-refractivity contribution in [3.8, 4) is 0 Å². The second-order valence-electron chi connectivity index (χ2n) is 5.52. The average molecular weight is 273 g/mol. The zero-order chi connectivity index (χ0) is 14.8. The predicted octanol–water partition coefficient (Wildman–Crippen LogP) is 2.47. The number of carbonyl (C=O) groups excluding carboxylic acids is 1. The predicted molar refractivity (Wildman–Crippen MR) is 85.1 cm³/mol. The summed E-state index contributed by atoms with van der Waals surface area (Å²) >= 11 is 0. The molecule has 0 heterocycles. The fourth-order valence-corrected chi connectivity index (χ4v) is 1.95. The molecule has 0 unspecified atom stereocenters. The number of likely N-dealkylation sites (N-methyl/N-ethyl adjacent to an activating group) is 1. The molecule has 0 radical (unpaired) electrons. The molecular formula is C17H25N2O+. The third-order valence-electron chi connectivity index (χ3n) is 3.09. The summed E-state index contributed by atoms with van der Waals surface area (Å²) in [5.74, 6) is -0.0390. The summed E-state index contributed by atoms with van der Waals surface area (Å²) in [6.45, 7) is 6.43. The van der Waals surface area contributed by atoms with Gasteiger partial charge in [0, 0.05) is 19.0 Å². The molecule has 0 aliphatic heterocycles. The minimum absolute atomic E-state index is 0.0390. The molecule has 3 heteroatoms. The summed E-state index contributed by atoms with van der Waals surface area (Å²) in [4.78, 5) is 11.6. The van der Waals surface area contributed by atoms with E-state index in [1.807, 2.05) is 42.5 Å².